The molecule has 0 heterocycles. The van der Waals surface area contributed by atoms with Gasteiger partial charge in [-0.25, -0.2) is 4.79 Å². The lowest BCUT2D eigenvalue weighted by Crippen LogP contribution is -2.03. The third-order valence-electron chi connectivity index (χ3n) is 2.42. The molecule has 0 saturated heterocycles. The van der Waals surface area contributed by atoms with Crippen molar-refractivity contribution in [2.24, 2.45) is 0 Å². The average Bonchev–Trinajstić information content (AvgIpc) is 2.32. The number of carbonyl (C=O) groups is 1. The maximum absolute atomic E-state index is 11.1. The highest BCUT2D eigenvalue weighted by atomic mass is 35.5. The fraction of sp³-hybridized carbons (Fsp3) is 0. The number of nitrogen functional groups attached to an aromatic ring is 1. The first-order valence-electron chi connectivity index (χ1n) is 5.22. The number of carboxylic acid groups (broad SMARTS) is 1. The maximum Gasteiger partial charge on any atom is 0.337 e. The van der Waals surface area contributed by atoms with Crippen LogP contribution in [0.4, 0.5) is 17.1 Å². The summed E-state index contributed by atoms with van der Waals surface area (Å²) < 4.78 is 0. The van der Waals surface area contributed by atoms with Gasteiger partial charge in [-0.1, -0.05) is 23.7 Å². The minimum atomic E-state index is -1.02. The summed E-state index contributed by atoms with van der Waals surface area (Å²) in [4.78, 5) is 11.1. The number of carboxylic acids is 1. The van der Waals surface area contributed by atoms with Crippen LogP contribution in [-0.2, 0) is 0 Å². The molecule has 0 bridgehead atoms. The highest BCUT2D eigenvalue weighted by molar-refractivity contribution is 6.33. The number of aromatic carboxylic acids is 1. The smallest absolute Gasteiger partial charge is 0.337 e. The van der Waals surface area contributed by atoms with E-state index in [2.05, 4.69) is 5.32 Å². The van der Waals surface area contributed by atoms with Gasteiger partial charge in [0.15, 0.2) is 0 Å². The van der Waals surface area contributed by atoms with Crippen LogP contribution in [0.15, 0.2) is 42.5 Å². The summed E-state index contributed by atoms with van der Waals surface area (Å²) in [5, 5.41) is 12.6. The summed E-state index contributed by atoms with van der Waals surface area (Å²) in [5.41, 5.74) is 7.32. The molecule has 0 amide bonds. The zero-order valence-corrected chi connectivity index (χ0v) is 10.1. The first-order valence-corrected chi connectivity index (χ1v) is 5.60. The molecule has 0 saturated carbocycles. The number of hydrogen-bond donors (Lipinski definition) is 3. The van der Waals surface area contributed by atoms with Crippen molar-refractivity contribution in [3.8, 4) is 0 Å². The molecule has 0 radical (unpaired) electrons. The van der Waals surface area contributed by atoms with Crippen molar-refractivity contribution in [1.82, 2.24) is 0 Å². The van der Waals surface area contributed by atoms with E-state index in [1.165, 1.54) is 6.07 Å². The number of nitrogens with two attached hydrogens (primary N) is 1. The Kier molecular flexibility index (Phi) is 3.39. The quantitative estimate of drug-likeness (QED) is 0.742. The summed E-state index contributed by atoms with van der Waals surface area (Å²) in [6.45, 7) is 0. The summed E-state index contributed by atoms with van der Waals surface area (Å²) in [7, 11) is 0. The molecular formula is C13H11ClN2O2. The molecule has 92 valence electrons. The standard InChI is InChI=1S/C13H11ClN2O2/c14-10-3-1-2-4-11(10)16-12-7-8(15)5-6-9(12)13(17)18/h1-7,16H,15H2,(H,17,18). The van der Waals surface area contributed by atoms with Crippen LogP contribution in [0.5, 0.6) is 0 Å². The topological polar surface area (TPSA) is 75.4 Å². The van der Waals surface area contributed by atoms with E-state index in [0.29, 0.717) is 22.1 Å². The molecule has 0 atom stereocenters. The zero-order valence-electron chi connectivity index (χ0n) is 9.35. The molecule has 2 aromatic carbocycles. The van der Waals surface area contributed by atoms with Gasteiger partial charge in [-0.15, -0.1) is 0 Å². The summed E-state index contributed by atoms with van der Waals surface area (Å²) >= 11 is 6.00. The monoisotopic (exact) mass is 262 g/mol. The molecule has 4 N–H and O–H groups in total. The van der Waals surface area contributed by atoms with E-state index >= 15 is 0 Å². The molecule has 0 fully saturated rings. The normalized spacial score (nSPS) is 10.1. The number of halogens is 1. The summed E-state index contributed by atoms with van der Waals surface area (Å²) in [6.07, 6.45) is 0. The van der Waals surface area contributed by atoms with E-state index in [-0.39, 0.29) is 5.56 Å². The van der Waals surface area contributed by atoms with E-state index < -0.39 is 5.97 Å². The Morgan fingerprint density at radius 2 is 1.89 bits per heavy atom. The second-order valence-electron chi connectivity index (χ2n) is 3.72. The van der Waals surface area contributed by atoms with Crippen LogP contribution in [0.3, 0.4) is 0 Å². The van der Waals surface area contributed by atoms with Gasteiger partial charge in [0.1, 0.15) is 0 Å². The number of para-hydroxylation sites is 1. The van der Waals surface area contributed by atoms with E-state index in [1.807, 2.05) is 0 Å². The lowest BCUT2D eigenvalue weighted by Gasteiger charge is -2.11. The third kappa shape index (κ3) is 2.55. The predicted molar refractivity (Wildman–Crippen MR) is 72.5 cm³/mol. The Morgan fingerprint density at radius 1 is 1.17 bits per heavy atom. The number of rotatable bonds is 3. The van der Waals surface area contributed by atoms with E-state index in [9.17, 15) is 4.79 Å². The number of benzene rings is 2. The summed E-state index contributed by atoms with van der Waals surface area (Å²) in [5.74, 6) is -1.02. The van der Waals surface area contributed by atoms with Gasteiger partial charge in [0.2, 0.25) is 0 Å². The van der Waals surface area contributed by atoms with Crippen molar-refractivity contribution in [2.75, 3.05) is 11.1 Å². The van der Waals surface area contributed by atoms with Crippen LogP contribution in [0, 0.1) is 0 Å². The lowest BCUT2D eigenvalue weighted by atomic mass is 10.1. The van der Waals surface area contributed by atoms with Gasteiger partial charge >= 0.3 is 5.97 Å². The van der Waals surface area contributed by atoms with Gasteiger partial charge in [0.05, 0.1) is 22.0 Å². The zero-order chi connectivity index (χ0) is 13.1. The van der Waals surface area contributed by atoms with Gasteiger partial charge < -0.3 is 16.2 Å². The molecule has 2 aromatic rings. The Morgan fingerprint density at radius 3 is 2.56 bits per heavy atom. The van der Waals surface area contributed by atoms with Gasteiger partial charge in [-0.3, -0.25) is 0 Å². The molecule has 0 aliphatic heterocycles. The fourth-order valence-electron chi connectivity index (χ4n) is 1.56. The van der Waals surface area contributed by atoms with Crippen LogP contribution in [0.1, 0.15) is 10.4 Å². The van der Waals surface area contributed by atoms with Crippen LogP contribution in [-0.4, -0.2) is 11.1 Å². The van der Waals surface area contributed by atoms with Crippen LogP contribution in [0.2, 0.25) is 5.02 Å². The Labute approximate surface area is 109 Å². The highest BCUT2D eigenvalue weighted by Crippen LogP contribution is 2.28. The highest BCUT2D eigenvalue weighted by Gasteiger charge is 2.11. The minimum Gasteiger partial charge on any atom is -0.478 e. The fourth-order valence-corrected chi connectivity index (χ4v) is 1.74. The molecular weight excluding hydrogens is 252 g/mol. The molecule has 2 rings (SSSR count). The second-order valence-corrected chi connectivity index (χ2v) is 4.12. The van der Waals surface area contributed by atoms with Crippen molar-refractivity contribution in [2.45, 2.75) is 0 Å². The molecule has 0 spiro atoms. The second kappa shape index (κ2) is 4.98. The largest absolute Gasteiger partial charge is 0.478 e. The van der Waals surface area contributed by atoms with Gasteiger partial charge in [0.25, 0.3) is 0 Å². The molecule has 0 unspecified atom stereocenters. The van der Waals surface area contributed by atoms with Gasteiger partial charge in [0, 0.05) is 5.69 Å². The minimum absolute atomic E-state index is 0.143. The third-order valence-corrected chi connectivity index (χ3v) is 2.75. The molecule has 4 nitrogen and oxygen atoms in total. The molecule has 5 heteroatoms. The first kappa shape index (κ1) is 12.3. The summed E-state index contributed by atoms with van der Waals surface area (Å²) in [6, 6.07) is 11.6. The van der Waals surface area contributed by atoms with Crippen LogP contribution in [0.25, 0.3) is 0 Å². The van der Waals surface area contributed by atoms with E-state index in [1.54, 1.807) is 36.4 Å². The SMILES string of the molecule is Nc1ccc(C(=O)O)c(Nc2ccccc2Cl)c1. The van der Waals surface area contributed by atoms with Gasteiger partial charge in [-0.2, -0.15) is 0 Å². The Hall–Kier alpha value is -2.20. The predicted octanol–water partition coefficient (Wildman–Crippen LogP) is 3.36. The number of nitrogens with one attached hydrogen (secondary N) is 1. The van der Waals surface area contributed by atoms with E-state index in [0.717, 1.165) is 0 Å². The van der Waals surface area contributed by atoms with Gasteiger partial charge in [-0.05, 0) is 30.3 Å². The van der Waals surface area contributed by atoms with Crippen molar-refractivity contribution >= 4 is 34.6 Å². The average molecular weight is 263 g/mol. The van der Waals surface area contributed by atoms with Crippen molar-refractivity contribution in [3.05, 3.63) is 53.1 Å². The Bertz CT molecular complexity index is 599. The first-order chi connectivity index (χ1) is 8.58. The van der Waals surface area contributed by atoms with Crippen molar-refractivity contribution < 1.29 is 9.90 Å². The maximum atomic E-state index is 11.1. The van der Waals surface area contributed by atoms with Crippen LogP contribution < -0.4 is 11.1 Å². The van der Waals surface area contributed by atoms with E-state index in [4.69, 9.17) is 22.4 Å². The van der Waals surface area contributed by atoms with Crippen molar-refractivity contribution in [3.63, 3.8) is 0 Å². The molecule has 18 heavy (non-hydrogen) atoms. The van der Waals surface area contributed by atoms with Crippen molar-refractivity contribution in [1.29, 1.82) is 0 Å². The van der Waals surface area contributed by atoms with Crippen LogP contribution >= 0.6 is 11.6 Å². The number of hydrogen-bond acceptors (Lipinski definition) is 3. The molecule has 0 aliphatic rings. The Balaban J connectivity index is 2.42. The lowest BCUT2D eigenvalue weighted by molar-refractivity contribution is 0.0698. The molecule has 0 aromatic heterocycles. The molecule has 0 aliphatic carbocycles. The number of anilines is 3.